The van der Waals surface area contributed by atoms with Crippen LogP contribution in [0.3, 0.4) is 0 Å². The van der Waals surface area contributed by atoms with Crippen LogP contribution in [0.4, 0.5) is 0 Å². The molecule has 4 heteroatoms. The summed E-state index contributed by atoms with van der Waals surface area (Å²) in [5.41, 5.74) is 0.578. The van der Waals surface area contributed by atoms with Crippen LogP contribution in [0.2, 0.25) is 0 Å². The number of allylic oxidation sites excluding steroid dienone is 2. The summed E-state index contributed by atoms with van der Waals surface area (Å²) in [6.07, 6.45) is 6.40. The third-order valence-electron chi connectivity index (χ3n) is 2.59. The fourth-order valence-electron chi connectivity index (χ4n) is 1.49. The smallest absolute Gasteiger partial charge is 0.254 e. The highest BCUT2D eigenvalue weighted by Crippen LogP contribution is 2.09. The van der Waals surface area contributed by atoms with Crippen molar-refractivity contribution in [2.45, 2.75) is 19.3 Å². The number of nitrogens with zero attached hydrogens (tertiary/aromatic N) is 1. The highest BCUT2D eigenvalue weighted by atomic mass is 32.1. The Morgan fingerprint density at radius 1 is 1.22 bits per heavy atom. The molecule has 0 rings (SSSR count). The maximum absolute atomic E-state index is 12.1. The fourth-order valence-corrected chi connectivity index (χ4v) is 1.72. The van der Waals surface area contributed by atoms with E-state index in [9.17, 15) is 9.59 Å². The number of amides is 1. The van der Waals surface area contributed by atoms with E-state index in [0.717, 1.165) is 25.0 Å². The van der Waals surface area contributed by atoms with Crippen molar-refractivity contribution in [1.82, 2.24) is 4.90 Å². The molecule has 100 valence electrons. The highest BCUT2D eigenvalue weighted by Gasteiger charge is 2.14. The number of carbonyl (C=O) groups is 2. The van der Waals surface area contributed by atoms with Gasteiger partial charge in [0.1, 0.15) is 0 Å². The molecule has 0 aliphatic carbocycles. The summed E-state index contributed by atoms with van der Waals surface area (Å²) >= 11 is 4.13. The minimum absolute atomic E-state index is 0.196. The second-order valence-corrected chi connectivity index (χ2v) is 4.35. The Labute approximate surface area is 115 Å². The third-order valence-corrected chi connectivity index (χ3v) is 2.91. The van der Waals surface area contributed by atoms with Crippen LogP contribution < -0.4 is 0 Å². The Kier molecular flexibility index (Phi) is 9.01. The average Bonchev–Trinajstić information content (AvgIpc) is 2.39. The van der Waals surface area contributed by atoms with Crippen LogP contribution in [0.1, 0.15) is 19.3 Å². The van der Waals surface area contributed by atoms with Crippen molar-refractivity contribution in [2.24, 2.45) is 0 Å². The van der Waals surface area contributed by atoms with Crippen molar-refractivity contribution in [3.8, 4) is 0 Å². The van der Waals surface area contributed by atoms with Gasteiger partial charge in [0.25, 0.3) is 5.91 Å². The van der Waals surface area contributed by atoms with E-state index in [1.54, 1.807) is 11.9 Å². The van der Waals surface area contributed by atoms with Crippen molar-refractivity contribution in [3.63, 3.8) is 0 Å². The zero-order valence-electron chi connectivity index (χ0n) is 10.9. The van der Waals surface area contributed by atoms with Gasteiger partial charge in [-0.1, -0.05) is 31.7 Å². The molecule has 0 N–H and O–H groups in total. The van der Waals surface area contributed by atoms with Gasteiger partial charge < -0.3 is 4.90 Å². The van der Waals surface area contributed by atoms with Crippen LogP contribution in [0.5, 0.6) is 0 Å². The molecule has 0 aliphatic heterocycles. The highest BCUT2D eigenvalue weighted by molar-refractivity contribution is 7.80. The van der Waals surface area contributed by atoms with E-state index in [0.29, 0.717) is 18.4 Å². The zero-order valence-corrected chi connectivity index (χ0v) is 11.8. The molecular formula is C14H21NO2S. The van der Waals surface area contributed by atoms with Crippen LogP contribution in [-0.4, -0.2) is 36.4 Å². The second kappa shape index (κ2) is 9.71. The summed E-state index contributed by atoms with van der Waals surface area (Å²) in [7, 11) is 1.72. The van der Waals surface area contributed by atoms with Crippen LogP contribution in [-0.2, 0) is 9.59 Å². The predicted octanol–water partition coefficient (Wildman–Crippen LogP) is 2.41. The molecule has 0 unspecified atom stereocenters. The van der Waals surface area contributed by atoms with E-state index in [2.05, 4.69) is 25.8 Å². The lowest BCUT2D eigenvalue weighted by atomic mass is 10.1. The van der Waals surface area contributed by atoms with Crippen LogP contribution in [0, 0.1) is 0 Å². The SMILES string of the molecule is C=C/C(C=O)=C(\C=C)C(=O)N(C)CCCCCS. The zero-order chi connectivity index (χ0) is 14.0. The monoisotopic (exact) mass is 267 g/mol. The first-order valence-corrected chi connectivity index (χ1v) is 6.56. The molecule has 1 amide bonds. The number of aldehydes is 1. The van der Waals surface area contributed by atoms with E-state index in [4.69, 9.17) is 0 Å². The van der Waals surface area contributed by atoms with Crippen LogP contribution in [0.25, 0.3) is 0 Å². The van der Waals surface area contributed by atoms with Gasteiger partial charge in [-0.3, -0.25) is 9.59 Å². The maximum atomic E-state index is 12.1. The quantitative estimate of drug-likeness (QED) is 0.229. The van der Waals surface area contributed by atoms with Gasteiger partial charge in [-0.25, -0.2) is 0 Å². The number of likely N-dealkylation sites (N-methyl/N-ethyl adjacent to an activating group) is 1. The van der Waals surface area contributed by atoms with Gasteiger partial charge >= 0.3 is 0 Å². The Hall–Kier alpha value is -1.29. The first kappa shape index (κ1) is 16.7. The molecule has 0 heterocycles. The largest absolute Gasteiger partial charge is 0.342 e. The van der Waals surface area contributed by atoms with Crippen molar-refractivity contribution < 1.29 is 9.59 Å². The van der Waals surface area contributed by atoms with Gasteiger partial charge in [-0.2, -0.15) is 12.6 Å². The molecule has 0 bridgehead atoms. The van der Waals surface area contributed by atoms with E-state index in [1.165, 1.54) is 12.2 Å². The van der Waals surface area contributed by atoms with Crippen LogP contribution in [0.15, 0.2) is 36.5 Å². The van der Waals surface area contributed by atoms with E-state index >= 15 is 0 Å². The van der Waals surface area contributed by atoms with Crippen molar-refractivity contribution in [1.29, 1.82) is 0 Å². The lowest BCUT2D eigenvalue weighted by molar-refractivity contribution is -0.125. The summed E-state index contributed by atoms with van der Waals surface area (Å²) < 4.78 is 0. The molecule has 0 spiro atoms. The van der Waals surface area contributed by atoms with E-state index in [1.807, 2.05) is 0 Å². The summed E-state index contributed by atoms with van der Waals surface area (Å²) in [5.74, 6) is 0.666. The van der Waals surface area contributed by atoms with E-state index in [-0.39, 0.29) is 11.5 Å². The van der Waals surface area contributed by atoms with Gasteiger partial charge in [-0.15, -0.1) is 0 Å². The number of hydrogen-bond donors (Lipinski definition) is 1. The molecule has 0 aromatic heterocycles. The summed E-state index contributed by atoms with van der Waals surface area (Å²) in [6, 6.07) is 0. The predicted molar refractivity (Wildman–Crippen MR) is 78.8 cm³/mol. The standard InChI is InChI=1S/C14H21NO2S/c1-4-12(11-16)13(5-2)14(17)15(3)9-7-6-8-10-18/h4-5,11,18H,1-2,6-10H2,3H3/b13-12-. The van der Waals surface area contributed by atoms with Gasteiger partial charge in [0, 0.05) is 24.7 Å². The summed E-state index contributed by atoms with van der Waals surface area (Å²) in [6.45, 7) is 7.74. The number of rotatable bonds is 9. The molecule has 0 aliphatic rings. The molecule has 0 aromatic rings. The molecule has 0 aromatic carbocycles. The van der Waals surface area contributed by atoms with Crippen molar-refractivity contribution >= 4 is 24.8 Å². The third kappa shape index (κ3) is 5.36. The summed E-state index contributed by atoms with van der Waals surface area (Å²) in [5, 5.41) is 0. The molecule has 3 nitrogen and oxygen atoms in total. The first-order chi connectivity index (χ1) is 8.62. The lowest BCUT2D eigenvalue weighted by Crippen LogP contribution is -2.29. The average molecular weight is 267 g/mol. The van der Waals surface area contributed by atoms with Crippen molar-refractivity contribution in [2.75, 3.05) is 19.3 Å². The Balaban J connectivity index is 4.60. The molecule has 0 saturated heterocycles. The number of thiol groups is 1. The Morgan fingerprint density at radius 2 is 1.89 bits per heavy atom. The summed E-state index contributed by atoms with van der Waals surface area (Å²) in [4.78, 5) is 24.5. The molecule has 18 heavy (non-hydrogen) atoms. The number of unbranched alkanes of at least 4 members (excludes halogenated alkanes) is 2. The maximum Gasteiger partial charge on any atom is 0.254 e. The number of hydrogen-bond acceptors (Lipinski definition) is 3. The van der Waals surface area contributed by atoms with Crippen LogP contribution >= 0.6 is 12.6 Å². The molecule has 0 radical (unpaired) electrons. The van der Waals surface area contributed by atoms with Gasteiger partial charge in [0.15, 0.2) is 6.29 Å². The van der Waals surface area contributed by atoms with Crippen molar-refractivity contribution in [3.05, 3.63) is 36.5 Å². The number of carbonyl (C=O) groups excluding carboxylic acids is 2. The normalized spacial score (nSPS) is 11.4. The first-order valence-electron chi connectivity index (χ1n) is 5.93. The second-order valence-electron chi connectivity index (χ2n) is 3.91. The lowest BCUT2D eigenvalue weighted by Gasteiger charge is -2.18. The minimum atomic E-state index is -0.196. The molecule has 0 saturated carbocycles. The molecule has 0 fully saturated rings. The Morgan fingerprint density at radius 3 is 2.33 bits per heavy atom. The fraction of sp³-hybridized carbons (Fsp3) is 0.429. The van der Waals surface area contributed by atoms with Gasteiger partial charge in [0.2, 0.25) is 0 Å². The van der Waals surface area contributed by atoms with Gasteiger partial charge in [-0.05, 0) is 18.6 Å². The Bertz CT molecular complexity index is 338. The minimum Gasteiger partial charge on any atom is -0.342 e. The topological polar surface area (TPSA) is 37.4 Å². The molecule has 0 atom stereocenters. The van der Waals surface area contributed by atoms with E-state index < -0.39 is 0 Å². The van der Waals surface area contributed by atoms with Gasteiger partial charge in [0.05, 0.1) is 0 Å². The molecular weight excluding hydrogens is 246 g/mol.